The molecule has 0 bridgehead atoms. The van der Waals surface area contributed by atoms with Crippen LogP contribution in [0.3, 0.4) is 0 Å². The molecular weight excluding hydrogens is 260 g/mol. The van der Waals surface area contributed by atoms with E-state index in [0.717, 1.165) is 24.1 Å². The smallest absolute Gasteiger partial charge is 0.221 e. The van der Waals surface area contributed by atoms with Gasteiger partial charge in [-0.3, -0.25) is 4.79 Å². The van der Waals surface area contributed by atoms with Crippen molar-refractivity contribution < 1.29 is 4.79 Å². The molecule has 0 saturated heterocycles. The third-order valence-corrected chi connectivity index (χ3v) is 4.09. The van der Waals surface area contributed by atoms with E-state index in [1.54, 1.807) is 0 Å². The average molecular weight is 280 g/mol. The van der Waals surface area contributed by atoms with Crippen LogP contribution in [0.25, 0.3) is 0 Å². The van der Waals surface area contributed by atoms with Crippen molar-refractivity contribution in [2.24, 2.45) is 5.73 Å². The number of hydrogen-bond acceptors (Lipinski definition) is 2. The summed E-state index contributed by atoms with van der Waals surface area (Å²) >= 11 is 0. The molecule has 108 valence electrons. The van der Waals surface area contributed by atoms with Crippen LogP contribution in [0.5, 0.6) is 0 Å². The molecule has 2 aromatic rings. The summed E-state index contributed by atoms with van der Waals surface area (Å²) in [5.74, 6) is -0.299. The van der Waals surface area contributed by atoms with Crippen LogP contribution in [0.15, 0.2) is 42.5 Å². The molecule has 3 rings (SSSR count). The van der Waals surface area contributed by atoms with Gasteiger partial charge >= 0.3 is 0 Å². The molecule has 1 aliphatic rings. The maximum atomic E-state index is 11.2. The number of anilines is 1. The summed E-state index contributed by atoms with van der Waals surface area (Å²) < 4.78 is 0. The molecule has 0 saturated carbocycles. The largest absolute Gasteiger partial charge is 0.378 e. The molecule has 0 fully saturated rings. The molecule has 1 unspecified atom stereocenters. The second kappa shape index (κ2) is 5.60. The van der Waals surface area contributed by atoms with E-state index in [-0.39, 0.29) is 12.3 Å². The first kappa shape index (κ1) is 13.7. The Morgan fingerprint density at radius 3 is 2.90 bits per heavy atom. The Bertz CT molecular complexity index is 679. The van der Waals surface area contributed by atoms with E-state index in [9.17, 15) is 4.79 Å². The molecule has 0 radical (unpaired) electrons. The van der Waals surface area contributed by atoms with Crippen LogP contribution in [0, 0.1) is 6.92 Å². The molecule has 3 heteroatoms. The Balaban J connectivity index is 1.86. The number of primary amides is 1. The Hall–Kier alpha value is -2.29. The highest BCUT2D eigenvalue weighted by Crippen LogP contribution is 2.35. The van der Waals surface area contributed by atoms with Crippen LogP contribution in [-0.4, -0.2) is 5.91 Å². The zero-order valence-electron chi connectivity index (χ0n) is 12.2. The van der Waals surface area contributed by atoms with Gasteiger partial charge in [-0.05, 0) is 42.5 Å². The fourth-order valence-corrected chi connectivity index (χ4v) is 3.06. The maximum absolute atomic E-state index is 11.2. The fourth-order valence-electron chi connectivity index (χ4n) is 3.06. The minimum absolute atomic E-state index is 0.274. The lowest BCUT2D eigenvalue weighted by molar-refractivity contribution is -0.117. The molecule has 3 N–H and O–H groups in total. The summed E-state index contributed by atoms with van der Waals surface area (Å²) in [7, 11) is 0. The van der Waals surface area contributed by atoms with Crippen LogP contribution in [0.4, 0.5) is 5.69 Å². The van der Waals surface area contributed by atoms with Crippen LogP contribution < -0.4 is 11.1 Å². The van der Waals surface area contributed by atoms with E-state index in [1.807, 2.05) is 24.3 Å². The van der Waals surface area contributed by atoms with Crippen molar-refractivity contribution in [2.45, 2.75) is 32.2 Å². The lowest BCUT2D eigenvalue weighted by atomic mass is 10.0. The quantitative estimate of drug-likeness (QED) is 0.904. The molecular formula is C18H20N2O. The third kappa shape index (κ3) is 2.92. The number of amides is 1. The normalized spacial score (nSPS) is 16.5. The monoisotopic (exact) mass is 280 g/mol. The number of hydrogen-bond donors (Lipinski definition) is 2. The van der Waals surface area contributed by atoms with Crippen LogP contribution in [0.1, 0.15) is 34.7 Å². The highest BCUT2D eigenvalue weighted by Gasteiger charge is 2.22. The summed E-state index contributed by atoms with van der Waals surface area (Å²) in [5, 5.41) is 3.59. The molecule has 0 heterocycles. The first-order chi connectivity index (χ1) is 10.1. The Morgan fingerprint density at radius 1 is 1.29 bits per heavy atom. The van der Waals surface area contributed by atoms with Crippen LogP contribution >= 0.6 is 0 Å². The molecule has 0 aliphatic heterocycles. The summed E-state index contributed by atoms with van der Waals surface area (Å²) in [5.41, 5.74) is 11.4. The van der Waals surface area contributed by atoms with E-state index in [2.05, 4.69) is 30.4 Å². The summed E-state index contributed by atoms with van der Waals surface area (Å²) in [6.45, 7) is 2.12. The van der Waals surface area contributed by atoms with E-state index in [1.165, 1.54) is 16.7 Å². The molecule has 1 aliphatic carbocycles. The van der Waals surface area contributed by atoms with Crippen molar-refractivity contribution >= 4 is 11.6 Å². The Kier molecular flexibility index (Phi) is 3.65. The van der Waals surface area contributed by atoms with Gasteiger partial charge in [0, 0.05) is 5.69 Å². The van der Waals surface area contributed by atoms with Gasteiger partial charge in [0.15, 0.2) is 0 Å². The zero-order valence-corrected chi connectivity index (χ0v) is 12.2. The average Bonchev–Trinajstić information content (AvgIpc) is 2.83. The number of carbonyl (C=O) groups is 1. The van der Waals surface area contributed by atoms with Gasteiger partial charge in [0.2, 0.25) is 5.91 Å². The van der Waals surface area contributed by atoms with Gasteiger partial charge in [0.1, 0.15) is 0 Å². The predicted octanol–water partition coefficient (Wildman–Crippen LogP) is 3.12. The highest BCUT2D eigenvalue weighted by atomic mass is 16.1. The molecule has 3 nitrogen and oxygen atoms in total. The molecule has 0 spiro atoms. The minimum atomic E-state index is -0.299. The maximum Gasteiger partial charge on any atom is 0.221 e. The first-order valence-electron chi connectivity index (χ1n) is 7.35. The van der Waals surface area contributed by atoms with E-state index in [4.69, 9.17) is 5.73 Å². The fraction of sp³-hybridized carbons (Fsp3) is 0.278. The Labute approximate surface area is 125 Å². The van der Waals surface area contributed by atoms with Crippen LogP contribution in [-0.2, 0) is 17.6 Å². The first-order valence-corrected chi connectivity index (χ1v) is 7.35. The van der Waals surface area contributed by atoms with Gasteiger partial charge in [-0.25, -0.2) is 0 Å². The van der Waals surface area contributed by atoms with Gasteiger partial charge in [-0.15, -0.1) is 0 Å². The second-order valence-electron chi connectivity index (χ2n) is 5.74. The van der Waals surface area contributed by atoms with Gasteiger partial charge in [-0.2, -0.15) is 0 Å². The lowest BCUT2D eigenvalue weighted by Crippen LogP contribution is -2.16. The highest BCUT2D eigenvalue weighted by molar-refractivity contribution is 5.78. The van der Waals surface area contributed by atoms with Crippen LogP contribution in [0.2, 0.25) is 0 Å². The second-order valence-corrected chi connectivity index (χ2v) is 5.74. The standard InChI is InChI=1S/C18H20N2O/c1-12-6-7-13-8-9-17(15(13)10-12)20-16-5-3-2-4-14(16)11-18(19)21/h2-7,10,17,20H,8-9,11H2,1H3,(H2,19,21). The molecule has 1 atom stereocenters. The minimum Gasteiger partial charge on any atom is -0.378 e. The number of rotatable bonds is 4. The zero-order chi connectivity index (χ0) is 14.8. The summed E-state index contributed by atoms with van der Waals surface area (Å²) in [6.07, 6.45) is 2.46. The number of nitrogens with two attached hydrogens (primary N) is 1. The van der Waals surface area contributed by atoms with Gasteiger partial charge in [0.25, 0.3) is 0 Å². The number of carbonyl (C=O) groups excluding carboxylic acids is 1. The predicted molar refractivity (Wildman–Crippen MR) is 85.2 cm³/mol. The number of fused-ring (bicyclic) bond motifs is 1. The molecule has 2 aromatic carbocycles. The van der Waals surface area contributed by atoms with E-state index in [0.29, 0.717) is 6.04 Å². The SMILES string of the molecule is Cc1ccc2c(c1)C(Nc1ccccc1CC(N)=O)CC2. The van der Waals surface area contributed by atoms with E-state index < -0.39 is 0 Å². The van der Waals surface area contributed by atoms with Gasteiger partial charge in [-0.1, -0.05) is 42.0 Å². The van der Waals surface area contributed by atoms with Crippen molar-refractivity contribution in [1.29, 1.82) is 0 Å². The molecule has 1 amide bonds. The van der Waals surface area contributed by atoms with E-state index >= 15 is 0 Å². The van der Waals surface area contributed by atoms with Crippen molar-refractivity contribution in [3.05, 3.63) is 64.7 Å². The number of para-hydroxylation sites is 1. The number of nitrogens with one attached hydrogen (secondary N) is 1. The molecule has 21 heavy (non-hydrogen) atoms. The number of aryl methyl sites for hydroxylation is 2. The van der Waals surface area contributed by atoms with Crippen molar-refractivity contribution in [1.82, 2.24) is 0 Å². The lowest BCUT2D eigenvalue weighted by Gasteiger charge is -2.18. The van der Waals surface area contributed by atoms with Crippen molar-refractivity contribution in [3.63, 3.8) is 0 Å². The summed E-state index contributed by atoms with van der Waals surface area (Å²) in [4.78, 5) is 11.2. The van der Waals surface area contributed by atoms with Crippen molar-refractivity contribution in [2.75, 3.05) is 5.32 Å². The van der Waals surface area contributed by atoms with Gasteiger partial charge < -0.3 is 11.1 Å². The third-order valence-electron chi connectivity index (χ3n) is 4.09. The topological polar surface area (TPSA) is 55.1 Å². The van der Waals surface area contributed by atoms with Gasteiger partial charge in [0.05, 0.1) is 12.5 Å². The molecule has 0 aromatic heterocycles. The van der Waals surface area contributed by atoms with Crippen molar-refractivity contribution in [3.8, 4) is 0 Å². The Morgan fingerprint density at radius 2 is 2.10 bits per heavy atom. The number of benzene rings is 2. The summed E-state index contributed by atoms with van der Waals surface area (Å²) in [6, 6.07) is 14.9.